The van der Waals surface area contributed by atoms with E-state index in [1.165, 1.54) is 34.6 Å². The molecule has 0 aromatic carbocycles. The van der Waals surface area contributed by atoms with Crippen LogP contribution in [0.2, 0.25) is 0 Å². The number of allylic oxidation sites excluding steroid dienone is 2. The number of fused-ring (bicyclic) bond motifs is 7. The van der Waals surface area contributed by atoms with Gasteiger partial charge in [0, 0.05) is 5.41 Å². The molecule has 9 fully saturated rings. The Morgan fingerprint density at radius 1 is 0.560 bits per heavy atom. The third-order valence-electron chi connectivity index (χ3n) is 23.8. The summed E-state index contributed by atoms with van der Waals surface area (Å²) in [5.74, 6) is -2.82. The van der Waals surface area contributed by atoms with E-state index >= 15 is 4.79 Å². The number of carbonyl (C=O) groups excluding carboxylic acids is 2. The van der Waals surface area contributed by atoms with E-state index in [0.717, 1.165) is 5.57 Å². The normalized spacial score (nSPS) is 54.3. The van der Waals surface area contributed by atoms with Crippen molar-refractivity contribution in [3.63, 3.8) is 0 Å². The van der Waals surface area contributed by atoms with E-state index in [4.69, 9.17) is 52.1 Å². The Kier molecular flexibility index (Phi) is 20.6. The summed E-state index contributed by atoms with van der Waals surface area (Å²) in [5, 5.41) is 168. The molecule has 5 aliphatic carbocycles. The van der Waals surface area contributed by atoms with Gasteiger partial charge in [0.1, 0.15) is 84.8 Å². The molecule has 0 spiro atoms. The fourth-order valence-electron chi connectivity index (χ4n) is 18.4. The molecule has 0 aromatic heterocycles. The molecular formula is C63H102O28. The minimum atomic E-state index is -2.05. The van der Waals surface area contributed by atoms with Crippen molar-refractivity contribution in [2.45, 2.75) is 306 Å². The molecule has 5 saturated heterocycles. The van der Waals surface area contributed by atoms with Crippen LogP contribution in [0.3, 0.4) is 0 Å². The van der Waals surface area contributed by atoms with Gasteiger partial charge in [0.05, 0.1) is 68.5 Å². The van der Waals surface area contributed by atoms with Gasteiger partial charge < -0.3 is 129 Å². The van der Waals surface area contributed by atoms with Crippen LogP contribution in [0.4, 0.5) is 0 Å². The molecule has 5 heterocycles. The lowest BCUT2D eigenvalue weighted by atomic mass is 9.33. The van der Waals surface area contributed by atoms with Gasteiger partial charge in [-0.15, -0.1) is 0 Å². The summed E-state index contributed by atoms with van der Waals surface area (Å²) in [5.41, 5.74) is -4.08. The number of ether oxygens (including phenoxy) is 11. The van der Waals surface area contributed by atoms with Crippen molar-refractivity contribution < 1.29 is 138 Å². The van der Waals surface area contributed by atoms with Crippen molar-refractivity contribution in [2.75, 3.05) is 13.2 Å². The number of carbonyl (C=O) groups is 2. The molecule has 15 N–H and O–H groups in total. The highest BCUT2D eigenvalue weighted by Gasteiger charge is 2.73. The Hall–Kier alpha value is -2.28. The number of rotatable bonds is 14. The zero-order valence-corrected chi connectivity index (χ0v) is 53.8. The first-order valence-electron chi connectivity index (χ1n) is 32.5. The van der Waals surface area contributed by atoms with E-state index in [0.29, 0.717) is 32.1 Å². The second kappa shape index (κ2) is 26.2. The lowest BCUT2D eigenvalue weighted by molar-refractivity contribution is -0.380. The first-order chi connectivity index (χ1) is 42.4. The largest absolute Gasteiger partial charge is 0.457 e. The zero-order chi connectivity index (χ0) is 66.9. The van der Waals surface area contributed by atoms with Gasteiger partial charge in [-0.1, -0.05) is 53.2 Å². The maximum Gasteiger partial charge on any atom is 0.317 e. The average Bonchev–Trinajstić information content (AvgIpc) is 0.671. The molecule has 28 heteroatoms. The van der Waals surface area contributed by atoms with E-state index in [9.17, 15) is 81.4 Å². The number of aliphatic hydroxyl groups excluding tert-OH is 15. The predicted molar refractivity (Wildman–Crippen MR) is 308 cm³/mol. The van der Waals surface area contributed by atoms with Gasteiger partial charge in [-0.2, -0.15) is 0 Å². The molecule has 0 bridgehead atoms. The summed E-state index contributed by atoms with van der Waals surface area (Å²) >= 11 is 0. The average molecular weight is 1310 g/mol. The van der Waals surface area contributed by atoms with Crippen LogP contribution in [0.1, 0.15) is 134 Å². The molecule has 36 atom stereocenters. The second-order valence-electron chi connectivity index (χ2n) is 30.2. The van der Waals surface area contributed by atoms with Crippen molar-refractivity contribution in [1.82, 2.24) is 0 Å². The van der Waals surface area contributed by atoms with Crippen LogP contribution in [0.5, 0.6) is 0 Å². The standard InChI is InChI=1S/C63H102O28/c1-24(65)18-36(69)86-48-28(5)85-56(50(45(48)78)89-54-44(77)41(74)47(27(4)84-54)87-52-46(79)49(32(67)22-81-52)88-53-42(75)39(72)37(70)25(2)82-53)91-57(80)63-17-16-58(6,7)19-30(63)29-12-13-34-59(8)20-31(66)51(90-55-43(76)40(73)38(71)26(3)83-55)60(9,23-64)33(59)14-15-61(34,10)62(29,11)21-35(63)68/h12,24-28,30-35,37-56,64-68,70-79H,13-23H2,1-11H3. The monoisotopic (exact) mass is 1310 g/mol. The smallest absolute Gasteiger partial charge is 0.317 e. The minimum absolute atomic E-state index is 0.101. The molecule has 4 saturated carbocycles. The molecule has 0 radical (unpaired) electrons. The number of aliphatic hydroxyl groups is 15. The predicted octanol–water partition coefficient (Wildman–Crippen LogP) is -2.23. The van der Waals surface area contributed by atoms with Crippen LogP contribution in [-0.4, -0.2) is 274 Å². The molecule has 0 amide bonds. The van der Waals surface area contributed by atoms with E-state index in [1.807, 2.05) is 6.92 Å². The summed E-state index contributed by atoms with van der Waals surface area (Å²) in [6.07, 6.45) is -38.1. The van der Waals surface area contributed by atoms with Gasteiger partial charge in [0.25, 0.3) is 0 Å². The van der Waals surface area contributed by atoms with Crippen LogP contribution < -0.4 is 0 Å². The SMILES string of the molecule is CC(O)CC(=O)OC1C(C)OC(OC(=O)C23CCC(C)(C)CC2C2=CCC4C5(C)CC(O)C(OC6OC(C)C(O)C(O)C6O)C(C)(CO)C5CCC4(C)C2(C)CC3O)C(OC2OC(C)C(OC3OCC(O)C(OC4OC(C)C(O)C(O)C4O)C3O)C(O)C2O)C1O. The Balaban J connectivity index is 0.898. The lowest BCUT2D eigenvalue weighted by Gasteiger charge is -2.72. The second-order valence-corrected chi connectivity index (χ2v) is 30.2. The molecule has 0 aromatic rings. The summed E-state index contributed by atoms with van der Waals surface area (Å²) in [6.45, 7) is 18.8. The summed E-state index contributed by atoms with van der Waals surface area (Å²) in [7, 11) is 0. The summed E-state index contributed by atoms with van der Waals surface area (Å²) in [4.78, 5) is 28.9. The van der Waals surface area contributed by atoms with Crippen LogP contribution >= 0.6 is 0 Å². The highest BCUT2D eigenvalue weighted by molar-refractivity contribution is 5.80. The van der Waals surface area contributed by atoms with Crippen molar-refractivity contribution in [3.05, 3.63) is 11.6 Å². The van der Waals surface area contributed by atoms with Crippen LogP contribution in [0.25, 0.3) is 0 Å². The highest BCUT2D eigenvalue weighted by Crippen LogP contribution is 2.76. The molecular weight excluding hydrogens is 1200 g/mol. The van der Waals surface area contributed by atoms with Gasteiger partial charge >= 0.3 is 11.9 Å². The van der Waals surface area contributed by atoms with Gasteiger partial charge in [0.15, 0.2) is 37.4 Å². The van der Waals surface area contributed by atoms with Crippen LogP contribution in [0.15, 0.2) is 11.6 Å². The zero-order valence-electron chi connectivity index (χ0n) is 53.8. The molecule has 91 heavy (non-hydrogen) atoms. The minimum Gasteiger partial charge on any atom is -0.457 e. The summed E-state index contributed by atoms with van der Waals surface area (Å²) in [6, 6.07) is 0. The molecule has 5 aliphatic heterocycles. The van der Waals surface area contributed by atoms with Crippen LogP contribution in [-0.2, 0) is 61.7 Å². The van der Waals surface area contributed by atoms with Crippen molar-refractivity contribution in [1.29, 1.82) is 0 Å². The van der Waals surface area contributed by atoms with Crippen molar-refractivity contribution in [2.24, 2.45) is 50.2 Å². The third kappa shape index (κ3) is 12.2. The molecule has 10 rings (SSSR count). The van der Waals surface area contributed by atoms with E-state index in [2.05, 4.69) is 40.7 Å². The molecule has 10 aliphatic rings. The number of hydrogen-bond donors (Lipinski definition) is 15. The number of hydrogen-bond acceptors (Lipinski definition) is 28. The quantitative estimate of drug-likeness (QED) is 0.0497. The highest BCUT2D eigenvalue weighted by atomic mass is 16.8. The molecule has 36 unspecified atom stereocenters. The van der Waals surface area contributed by atoms with E-state index in [-0.39, 0.29) is 36.5 Å². The topological polar surface area (TPSA) is 439 Å². The van der Waals surface area contributed by atoms with Gasteiger partial charge in [0.2, 0.25) is 6.29 Å². The first-order valence-corrected chi connectivity index (χ1v) is 32.5. The molecule has 522 valence electrons. The Morgan fingerprint density at radius 3 is 1.71 bits per heavy atom. The number of esters is 2. The maximum atomic E-state index is 15.8. The van der Waals surface area contributed by atoms with E-state index in [1.54, 1.807) is 0 Å². The van der Waals surface area contributed by atoms with Gasteiger partial charge in [-0.05, 0) is 125 Å². The Bertz CT molecular complexity index is 2600. The lowest BCUT2D eigenvalue weighted by Crippen LogP contribution is -2.70. The third-order valence-corrected chi connectivity index (χ3v) is 23.8. The fraction of sp³-hybridized carbons (Fsp3) is 0.937. The Morgan fingerprint density at radius 2 is 1.11 bits per heavy atom. The molecule has 28 nitrogen and oxygen atoms in total. The summed E-state index contributed by atoms with van der Waals surface area (Å²) < 4.78 is 65.9. The van der Waals surface area contributed by atoms with Crippen LogP contribution in [0, 0.1) is 50.2 Å². The van der Waals surface area contributed by atoms with Crippen molar-refractivity contribution >= 4 is 11.9 Å². The first kappa shape index (κ1) is 71.5. The van der Waals surface area contributed by atoms with Gasteiger partial charge in [-0.25, -0.2) is 0 Å². The van der Waals surface area contributed by atoms with Crippen molar-refractivity contribution in [3.8, 4) is 0 Å². The van der Waals surface area contributed by atoms with E-state index < -0.39 is 236 Å². The van der Waals surface area contributed by atoms with Gasteiger partial charge in [-0.3, -0.25) is 9.59 Å². The fourth-order valence-corrected chi connectivity index (χ4v) is 18.4. The Labute approximate surface area is 529 Å². The maximum absolute atomic E-state index is 15.8.